The molecule has 1 aromatic carbocycles. The van der Waals surface area contributed by atoms with Crippen LogP contribution >= 0.6 is 0 Å². The molecule has 1 atom stereocenters. The maximum absolute atomic E-state index is 5.96. The molecule has 0 aliphatic heterocycles. The van der Waals surface area contributed by atoms with E-state index in [2.05, 4.69) is 37.1 Å². The number of hydrogen-bond donors (Lipinski definition) is 1. The third-order valence-electron chi connectivity index (χ3n) is 3.95. The molecule has 0 radical (unpaired) electrons. The Bertz CT molecular complexity index is 561. The maximum Gasteiger partial charge on any atom is 0.176 e. The molecule has 0 fully saturated rings. The summed E-state index contributed by atoms with van der Waals surface area (Å²) >= 11 is 0. The molecule has 1 aromatic heterocycles. The van der Waals surface area contributed by atoms with E-state index in [9.17, 15) is 0 Å². The van der Waals surface area contributed by atoms with Gasteiger partial charge in [-0.1, -0.05) is 26.0 Å². The average Bonchev–Trinajstić information content (AvgIpc) is 2.95. The van der Waals surface area contributed by atoms with E-state index in [0.29, 0.717) is 0 Å². The molecule has 0 saturated heterocycles. The van der Waals surface area contributed by atoms with Gasteiger partial charge in [0.2, 0.25) is 0 Å². The summed E-state index contributed by atoms with van der Waals surface area (Å²) in [6.45, 7) is 10.7. The molecule has 0 aliphatic rings. The Morgan fingerprint density at radius 3 is 2.71 bits per heavy atom. The average molecular weight is 290 g/mol. The molecule has 0 spiro atoms. The van der Waals surface area contributed by atoms with Crippen LogP contribution in [0.2, 0.25) is 0 Å². The fraction of sp³-hybridized carbons (Fsp3) is 0.529. The van der Waals surface area contributed by atoms with E-state index in [4.69, 9.17) is 9.15 Å². The van der Waals surface area contributed by atoms with Gasteiger partial charge in [-0.2, -0.15) is 0 Å². The van der Waals surface area contributed by atoms with Crippen LogP contribution in [0, 0.1) is 0 Å². The van der Waals surface area contributed by atoms with Crippen molar-refractivity contribution in [3.05, 3.63) is 30.0 Å². The molecule has 0 bridgehead atoms. The molecule has 0 saturated carbocycles. The standard InChI is InChI=1S/C17H26N2O2/c1-5-19(6-2)11-10-18-13(3)16-12-14-8-7-9-15(20-4)17(14)21-16/h7-9,12-13,18H,5-6,10-11H2,1-4H3/t13-/m1/s1. The lowest BCUT2D eigenvalue weighted by Crippen LogP contribution is -2.32. The van der Waals surface area contributed by atoms with Crippen molar-refractivity contribution in [2.45, 2.75) is 26.8 Å². The highest BCUT2D eigenvalue weighted by Crippen LogP contribution is 2.30. The van der Waals surface area contributed by atoms with Crippen LogP contribution in [0.5, 0.6) is 5.75 Å². The first-order chi connectivity index (χ1) is 10.2. The van der Waals surface area contributed by atoms with E-state index in [-0.39, 0.29) is 6.04 Å². The second kappa shape index (κ2) is 7.48. The summed E-state index contributed by atoms with van der Waals surface area (Å²) in [5.74, 6) is 1.74. The van der Waals surface area contributed by atoms with Crippen molar-refractivity contribution >= 4 is 11.0 Å². The maximum atomic E-state index is 5.96. The van der Waals surface area contributed by atoms with Gasteiger partial charge in [0.15, 0.2) is 11.3 Å². The molecule has 2 rings (SSSR count). The van der Waals surface area contributed by atoms with Gasteiger partial charge in [-0.15, -0.1) is 0 Å². The number of likely N-dealkylation sites (N-methyl/N-ethyl adjacent to an activating group) is 1. The van der Waals surface area contributed by atoms with Crippen molar-refractivity contribution < 1.29 is 9.15 Å². The van der Waals surface area contributed by atoms with Crippen LogP contribution in [-0.2, 0) is 0 Å². The second-order valence-corrected chi connectivity index (χ2v) is 5.23. The van der Waals surface area contributed by atoms with E-state index < -0.39 is 0 Å². The van der Waals surface area contributed by atoms with Crippen LogP contribution < -0.4 is 10.1 Å². The van der Waals surface area contributed by atoms with Gasteiger partial charge in [0, 0.05) is 18.5 Å². The number of nitrogens with zero attached hydrogens (tertiary/aromatic N) is 1. The molecule has 0 amide bonds. The molecule has 1 heterocycles. The van der Waals surface area contributed by atoms with Crippen molar-refractivity contribution in [1.82, 2.24) is 10.2 Å². The largest absolute Gasteiger partial charge is 0.493 e. The number of methoxy groups -OCH3 is 1. The third kappa shape index (κ3) is 3.77. The molecule has 0 aliphatic carbocycles. The Morgan fingerprint density at radius 1 is 1.29 bits per heavy atom. The highest BCUT2D eigenvalue weighted by Gasteiger charge is 2.13. The summed E-state index contributed by atoms with van der Waals surface area (Å²) in [6.07, 6.45) is 0. The normalized spacial score (nSPS) is 13.0. The molecule has 1 N–H and O–H groups in total. The quantitative estimate of drug-likeness (QED) is 0.808. The summed E-state index contributed by atoms with van der Waals surface area (Å²) in [7, 11) is 1.67. The van der Waals surface area contributed by atoms with Gasteiger partial charge in [-0.3, -0.25) is 0 Å². The van der Waals surface area contributed by atoms with Crippen LogP contribution in [0.1, 0.15) is 32.6 Å². The number of ether oxygens (including phenoxy) is 1. The van der Waals surface area contributed by atoms with E-state index >= 15 is 0 Å². The third-order valence-corrected chi connectivity index (χ3v) is 3.95. The summed E-state index contributed by atoms with van der Waals surface area (Å²) in [6, 6.07) is 8.24. The summed E-state index contributed by atoms with van der Waals surface area (Å²) < 4.78 is 11.3. The Balaban J connectivity index is 2.01. The highest BCUT2D eigenvalue weighted by molar-refractivity contribution is 5.83. The zero-order chi connectivity index (χ0) is 15.2. The van der Waals surface area contributed by atoms with Crippen molar-refractivity contribution in [1.29, 1.82) is 0 Å². The lowest BCUT2D eigenvalue weighted by atomic mass is 10.2. The SMILES string of the molecule is CCN(CC)CCN[C@H](C)c1cc2cccc(OC)c2o1. The minimum absolute atomic E-state index is 0.192. The molecular formula is C17H26N2O2. The van der Waals surface area contributed by atoms with Crippen LogP contribution in [0.4, 0.5) is 0 Å². The Hall–Kier alpha value is -1.52. The number of furan rings is 1. The number of nitrogens with one attached hydrogen (secondary N) is 1. The second-order valence-electron chi connectivity index (χ2n) is 5.23. The van der Waals surface area contributed by atoms with Crippen LogP contribution in [-0.4, -0.2) is 38.2 Å². The molecule has 0 unspecified atom stereocenters. The Labute approximate surface area is 127 Å². The summed E-state index contributed by atoms with van der Waals surface area (Å²) in [5.41, 5.74) is 0.826. The van der Waals surface area contributed by atoms with Gasteiger partial charge in [-0.25, -0.2) is 0 Å². The van der Waals surface area contributed by atoms with Gasteiger partial charge >= 0.3 is 0 Å². The number of para-hydroxylation sites is 1. The molecule has 4 heteroatoms. The fourth-order valence-corrected chi connectivity index (χ4v) is 2.51. The molecule has 21 heavy (non-hydrogen) atoms. The fourth-order valence-electron chi connectivity index (χ4n) is 2.51. The van der Waals surface area contributed by atoms with Crippen molar-refractivity contribution in [3.8, 4) is 5.75 Å². The van der Waals surface area contributed by atoms with Crippen molar-refractivity contribution in [2.24, 2.45) is 0 Å². The monoisotopic (exact) mass is 290 g/mol. The zero-order valence-electron chi connectivity index (χ0n) is 13.5. The number of hydrogen-bond acceptors (Lipinski definition) is 4. The summed E-state index contributed by atoms with van der Waals surface area (Å²) in [4.78, 5) is 2.40. The van der Waals surface area contributed by atoms with Gasteiger partial charge in [0.1, 0.15) is 5.76 Å². The van der Waals surface area contributed by atoms with E-state index in [0.717, 1.165) is 48.7 Å². The first kappa shape index (κ1) is 15.9. The van der Waals surface area contributed by atoms with Gasteiger partial charge in [0.25, 0.3) is 0 Å². The van der Waals surface area contributed by atoms with Crippen LogP contribution in [0.25, 0.3) is 11.0 Å². The first-order valence-corrected chi connectivity index (χ1v) is 7.71. The minimum Gasteiger partial charge on any atom is -0.493 e. The van der Waals surface area contributed by atoms with E-state index in [1.165, 1.54) is 0 Å². The minimum atomic E-state index is 0.192. The van der Waals surface area contributed by atoms with Crippen LogP contribution in [0.15, 0.2) is 28.7 Å². The number of fused-ring (bicyclic) bond motifs is 1. The lowest BCUT2D eigenvalue weighted by Gasteiger charge is -2.19. The first-order valence-electron chi connectivity index (χ1n) is 7.71. The Morgan fingerprint density at radius 2 is 2.05 bits per heavy atom. The zero-order valence-corrected chi connectivity index (χ0v) is 13.5. The molecular weight excluding hydrogens is 264 g/mol. The Kier molecular flexibility index (Phi) is 5.65. The predicted octanol–water partition coefficient (Wildman–Crippen LogP) is 3.43. The van der Waals surface area contributed by atoms with E-state index in [1.54, 1.807) is 7.11 Å². The lowest BCUT2D eigenvalue weighted by molar-refractivity contribution is 0.294. The summed E-state index contributed by atoms with van der Waals surface area (Å²) in [5, 5.41) is 4.61. The smallest absolute Gasteiger partial charge is 0.176 e. The predicted molar refractivity (Wildman–Crippen MR) is 87.0 cm³/mol. The van der Waals surface area contributed by atoms with Crippen molar-refractivity contribution in [2.75, 3.05) is 33.3 Å². The molecule has 116 valence electrons. The van der Waals surface area contributed by atoms with Crippen molar-refractivity contribution in [3.63, 3.8) is 0 Å². The topological polar surface area (TPSA) is 37.6 Å². The van der Waals surface area contributed by atoms with Gasteiger partial charge in [-0.05, 0) is 32.1 Å². The molecule has 4 nitrogen and oxygen atoms in total. The molecule has 2 aromatic rings. The number of rotatable bonds is 8. The van der Waals surface area contributed by atoms with Gasteiger partial charge < -0.3 is 19.4 Å². The van der Waals surface area contributed by atoms with Crippen LogP contribution in [0.3, 0.4) is 0 Å². The van der Waals surface area contributed by atoms with E-state index in [1.807, 2.05) is 18.2 Å². The number of benzene rings is 1. The van der Waals surface area contributed by atoms with Gasteiger partial charge in [0.05, 0.1) is 13.2 Å². The highest BCUT2D eigenvalue weighted by atomic mass is 16.5.